The van der Waals surface area contributed by atoms with Gasteiger partial charge in [0, 0.05) is 38.4 Å². The summed E-state index contributed by atoms with van der Waals surface area (Å²) in [5.74, 6) is -0.632. The quantitative estimate of drug-likeness (QED) is 0.513. The van der Waals surface area contributed by atoms with Crippen molar-refractivity contribution in [3.8, 4) is 0 Å². The van der Waals surface area contributed by atoms with E-state index < -0.39 is 0 Å². The number of nitrogens with zero attached hydrogens (tertiary/aromatic N) is 3. The fourth-order valence-corrected chi connectivity index (χ4v) is 3.76. The summed E-state index contributed by atoms with van der Waals surface area (Å²) >= 11 is 0. The number of benzene rings is 1. The third-order valence-electron chi connectivity index (χ3n) is 5.63. The smallest absolute Gasteiger partial charge is 0.307 e. The standard InChI is InChI=1S/C25H31N3O5/c1-32-25(31)12-15-27-16-22(33-19-21-10-13-26-14-11-21)17-28(18-24(27)30)23(29)9-5-8-20-6-3-2-4-7-20/h2-4,6-7,10-11,13-14,22H,5,8-9,12,15-19H2,1H3/t22-/m1/s1. The van der Waals surface area contributed by atoms with E-state index >= 15 is 0 Å². The minimum Gasteiger partial charge on any atom is -0.469 e. The lowest BCUT2D eigenvalue weighted by molar-refractivity contribution is -0.142. The second-order valence-electron chi connectivity index (χ2n) is 8.07. The number of methoxy groups -OCH3 is 1. The predicted octanol–water partition coefficient (Wildman–Crippen LogP) is 2.22. The highest BCUT2D eigenvalue weighted by Crippen LogP contribution is 2.14. The lowest BCUT2D eigenvalue weighted by Gasteiger charge is -2.24. The molecule has 1 fully saturated rings. The van der Waals surface area contributed by atoms with Crippen molar-refractivity contribution in [3.63, 3.8) is 0 Å². The van der Waals surface area contributed by atoms with Crippen molar-refractivity contribution in [2.75, 3.05) is 33.3 Å². The molecule has 3 rings (SSSR count). The summed E-state index contributed by atoms with van der Waals surface area (Å²) in [6.45, 7) is 1.21. The summed E-state index contributed by atoms with van der Waals surface area (Å²) in [5, 5.41) is 0. The predicted molar refractivity (Wildman–Crippen MR) is 122 cm³/mol. The van der Waals surface area contributed by atoms with Crippen LogP contribution < -0.4 is 0 Å². The van der Waals surface area contributed by atoms with Gasteiger partial charge in [0.2, 0.25) is 11.8 Å². The van der Waals surface area contributed by atoms with Crippen LogP contribution in [0.15, 0.2) is 54.9 Å². The first-order chi connectivity index (χ1) is 16.0. The van der Waals surface area contributed by atoms with Gasteiger partial charge < -0.3 is 19.3 Å². The monoisotopic (exact) mass is 453 g/mol. The van der Waals surface area contributed by atoms with Gasteiger partial charge in [0.05, 0.1) is 32.8 Å². The van der Waals surface area contributed by atoms with Crippen molar-refractivity contribution < 1.29 is 23.9 Å². The third-order valence-corrected chi connectivity index (χ3v) is 5.63. The molecule has 0 N–H and O–H groups in total. The number of hydrogen-bond donors (Lipinski definition) is 0. The van der Waals surface area contributed by atoms with Crippen LogP contribution in [-0.2, 0) is 36.9 Å². The maximum atomic E-state index is 12.9. The Morgan fingerprint density at radius 3 is 2.52 bits per heavy atom. The fraction of sp³-hybridized carbons (Fsp3) is 0.440. The fourth-order valence-electron chi connectivity index (χ4n) is 3.76. The summed E-state index contributed by atoms with van der Waals surface area (Å²) in [5.41, 5.74) is 2.15. The minimum absolute atomic E-state index is 0.0134. The Bertz CT molecular complexity index is 907. The summed E-state index contributed by atoms with van der Waals surface area (Å²) in [4.78, 5) is 44.6. The van der Waals surface area contributed by atoms with Crippen LogP contribution in [0.25, 0.3) is 0 Å². The summed E-state index contributed by atoms with van der Waals surface area (Å²) < 4.78 is 10.8. The van der Waals surface area contributed by atoms with E-state index in [2.05, 4.69) is 4.98 Å². The Hall–Kier alpha value is -3.26. The minimum atomic E-state index is -0.379. The highest BCUT2D eigenvalue weighted by Gasteiger charge is 2.30. The normalized spacial score (nSPS) is 16.4. The van der Waals surface area contributed by atoms with E-state index in [-0.39, 0.29) is 43.4 Å². The van der Waals surface area contributed by atoms with Crippen molar-refractivity contribution in [3.05, 3.63) is 66.0 Å². The molecule has 1 atom stereocenters. The molecule has 1 aromatic carbocycles. The topological polar surface area (TPSA) is 89.0 Å². The summed E-state index contributed by atoms with van der Waals surface area (Å²) in [6, 6.07) is 13.8. The molecule has 0 saturated carbocycles. The average Bonchev–Trinajstić information content (AvgIpc) is 3.01. The van der Waals surface area contributed by atoms with E-state index in [4.69, 9.17) is 9.47 Å². The van der Waals surface area contributed by atoms with Gasteiger partial charge in [0.1, 0.15) is 0 Å². The number of hydrogen-bond acceptors (Lipinski definition) is 6. The van der Waals surface area contributed by atoms with Crippen LogP contribution in [-0.4, -0.2) is 72.0 Å². The number of pyridine rings is 1. The Morgan fingerprint density at radius 1 is 1.03 bits per heavy atom. The molecule has 176 valence electrons. The lowest BCUT2D eigenvalue weighted by atomic mass is 10.1. The van der Waals surface area contributed by atoms with Gasteiger partial charge in [0.15, 0.2) is 0 Å². The van der Waals surface area contributed by atoms with Crippen molar-refractivity contribution in [1.29, 1.82) is 0 Å². The second kappa shape index (κ2) is 12.7. The molecule has 8 heteroatoms. The van der Waals surface area contributed by atoms with Gasteiger partial charge in [-0.05, 0) is 36.1 Å². The van der Waals surface area contributed by atoms with Crippen LogP contribution in [0.2, 0.25) is 0 Å². The molecule has 0 unspecified atom stereocenters. The van der Waals surface area contributed by atoms with E-state index in [1.54, 1.807) is 22.2 Å². The number of aromatic nitrogens is 1. The van der Waals surface area contributed by atoms with Crippen molar-refractivity contribution >= 4 is 17.8 Å². The molecule has 33 heavy (non-hydrogen) atoms. The Kier molecular flexibility index (Phi) is 9.38. The molecule has 1 saturated heterocycles. The zero-order valence-corrected chi connectivity index (χ0v) is 19.0. The molecule has 2 amide bonds. The van der Waals surface area contributed by atoms with E-state index in [0.717, 1.165) is 12.0 Å². The van der Waals surface area contributed by atoms with Gasteiger partial charge >= 0.3 is 5.97 Å². The molecule has 0 spiro atoms. The van der Waals surface area contributed by atoms with Gasteiger partial charge in [-0.25, -0.2) is 0 Å². The van der Waals surface area contributed by atoms with Crippen molar-refractivity contribution in [2.45, 2.75) is 38.4 Å². The highest BCUT2D eigenvalue weighted by molar-refractivity contribution is 5.85. The molecular formula is C25H31N3O5. The largest absolute Gasteiger partial charge is 0.469 e. The average molecular weight is 454 g/mol. The van der Waals surface area contributed by atoms with Gasteiger partial charge in [0.25, 0.3) is 0 Å². The van der Waals surface area contributed by atoms with Crippen LogP contribution in [0, 0.1) is 0 Å². The second-order valence-corrected chi connectivity index (χ2v) is 8.07. The van der Waals surface area contributed by atoms with Gasteiger partial charge in [-0.3, -0.25) is 19.4 Å². The van der Waals surface area contributed by atoms with E-state index in [0.29, 0.717) is 32.5 Å². The number of amides is 2. The third kappa shape index (κ3) is 7.98. The molecule has 1 aromatic heterocycles. The molecule has 1 aliphatic rings. The van der Waals surface area contributed by atoms with Crippen LogP contribution >= 0.6 is 0 Å². The first-order valence-electron chi connectivity index (χ1n) is 11.2. The highest BCUT2D eigenvalue weighted by atomic mass is 16.5. The van der Waals surface area contributed by atoms with Crippen molar-refractivity contribution in [1.82, 2.24) is 14.8 Å². The van der Waals surface area contributed by atoms with Crippen LogP contribution in [0.3, 0.4) is 0 Å². The van der Waals surface area contributed by atoms with E-state index in [1.807, 2.05) is 42.5 Å². The SMILES string of the molecule is COC(=O)CCN1C[C@@H](OCc2ccncc2)CN(C(=O)CCCc2ccccc2)CC1=O. The zero-order chi connectivity index (χ0) is 23.5. The summed E-state index contributed by atoms with van der Waals surface area (Å²) in [7, 11) is 1.32. The number of rotatable bonds is 10. The van der Waals surface area contributed by atoms with Crippen LogP contribution in [0.1, 0.15) is 30.4 Å². The van der Waals surface area contributed by atoms with Gasteiger partial charge in [-0.2, -0.15) is 0 Å². The van der Waals surface area contributed by atoms with Gasteiger partial charge in [-0.1, -0.05) is 30.3 Å². The van der Waals surface area contributed by atoms with E-state index in [1.165, 1.54) is 12.7 Å². The first-order valence-corrected chi connectivity index (χ1v) is 11.2. The number of ether oxygens (including phenoxy) is 2. The number of aryl methyl sites for hydroxylation is 1. The Balaban J connectivity index is 1.61. The molecule has 2 heterocycles. The maximum absolute atomic E-state index is 12.9. The molecule has 0 bridgehead atoms. The molecule has 2 aromatic rings. The molecular weight excluding hydrogens is 422 g/mol. The Morgan fingerprint density at radius 2 is 1.79 bits per heavy atom. The number of carbonyl (C=O) groups is 3. The van der Waals surface area contributed by atoms with Crippen LogP contribution in [0.5, 0.6) is 0 Å². The van der Waals surface area contributed by atoms with Crippen molar-refractivity contribution in [2.24, 2.45) is 0 Å². The van der Waals surface area contributed by atoms with Crippen LogP contribution in [0.4, 0.5) is 0 Å². The molecule has 0 radical (unpaired) electrons. The van der Waals surface area contributed by atoms with E-state index in [9.17, 15) is 14.4 Å². The molecule has 8 nitrogen and oxygen atoms in total. The first kappa shape index (κ1) is 24.4. The number of esters is 1. The lowest BCUT2D eigenvalue weighted by Crippen LogP contribution is -2.40. The van der Waals surface area contributed by atoms with Gasteiger partial charge in [-0.15, -0.1) is 0 Å². The Labute approximate surface area is 194 Å². The molecule has 1 aliphatic heterocycles. The number of carbonyl (C=O) groups excluding carboxylic acids is 3. The maximum Gasteiger partial charge on any atom is 0.307 e. The molecule has 0 aliphatic carbocycles. The summed E-state index contributed by atoms with van der Waals surface area (Å²) in [6.07, 6.45) is 5.01. The zero-order valence-electron chi connectivity index (χ0n) is 19.0.